The molecule has 2 heterocycles. The summed E-state index contributed by atoms with van der Waals surface area (Å²) in [5, 5.41) is 13.0. The molecule has 3 N–H and O–H groups in total. The summed E-state index contributed by atoms with van der Waals surface area (Å²) < 4.78 is 16.3. The minimum atomic E-state index is -0.442. The Morgan fingerprint density at radius 1 is 1.16 bits per heavy atom. The Bertz CT molecular complexity index is 1630. The van der Waals surface area contributed by atoms with Crippen LogP contribution in [0.25, 0.3) is 48.8 Å². The molecule has 5 aromatic rings. The summed E-state index contributed by atoms with van der Waals surface area (Å²) in [6, 6.07) is 13.8. The number of aryl methyl sites for hydroxylation is 1. The number of benzene rings is 3. The first-order valence-electron chi connectivity index (χ1n) is 9.86. The second-order valence-corrected chi connectivity index (χ2v) is 7.41. The number of aromatic amines is 1. The summed E-state index contributed by atoms with van der Waals surface area (Å²) in [7, 11) is 1.77. The number of nitrogens with one attached hydrogen (secondary N) is 1. The van der Waals surface area contributed by atoms with E-state index in [0.717, 1.165) is 11.1 Å². The van der Waals surface area contributed by atoms with Gasteiger partial charge in [0, 0.05) is 35.5 Å². The number of fused-ring (bicyclic) bond motifs is 2. The third kappa shape index (κ3) is 2.87. The van der Waals surface area contributed by atoms with Gasteiger partial charge in [-0.1, -0.05) is 30.3 Å². The van der Waals surface area contributed by atoms with Gasteiger partial charge in [0.25, 0.3) is 5.56 Å². The first kappa shape index (κ1) is 19.6. The van der Waals surface area contributed by atoms with E-state index in [2.05, 4.69) is 20.1 Å². The Morgan fingerprint density at radius 2 is 2.00 bits per heavy atom. The van der Waals surface area contributed by atoms with E-state index in [-0.39, 0.29) is 23.2 Å². The number of H-pyrrole nitrogens is 1. The van der Waals surface area contributed by atoms with Crippen molar-refractivity contribution in [3.63, 3.8) is 0 Å². The highest BCUT2D eigenvalue weighted by atomic mass is 19.1. The van der Waals surface area contributed by atoms with Gasteiger partial charge in [0.15, 0.2) is 0 Å². The minimum Gasteiger partial charge on any atom is -0.325 e. The molecule has 8 heteroatoms. The molecule has 0 aliphatic carbocycles. The summed E-state index contributed by atoms with van der Waals surface area (Å²) in [5.41, 5.74) is 9.10. The van der Waals surface area contributed by atoms with Gasteiger partial charge in [-0.2, -0.15) is 10.2 Å². The summed E-state index contributed by atoms with van der Waals surface area (Å²) in [6.45, 7) is 7.93. The highest BCUT2D eigenvalue weighted by molar-refractivity contribution is 6.04. The molecule has 5 rings (SSSR count). The van der Waals surface area contributed by atoms with E-state index in [0.29, 0.717) is 33.1 Å². The molecule has 0 saturated heterocycles. The molecule has 0 aliphatic rings. The maximum Gasteiger partial charge on any atom is 0.272 e. The zero-order valence-corrected chi connectivity index (χ0v) is 17.1. The average Bonchev–Trinajstić information content (AvgIpc) is 3.19. The van der Waals surface area contributed by atoms with Crippen molar-refractivity contribution in [2.24, 2.45) is 12.8 Å². The molecule has 7 nitrogen and oxygen atoms in total. The fourth-order valence-electron chi connectivity index (χ4n) is 4.13. The third-order valence-corrected chi connectivity index (χ3v) is 5.64. The third-order valence-electron chi connectivity index (χ3n) is 5.64. The quantitative estimate of drug-likeness (QED) is 0.423. The zero-order chi connectivity index (χ0) is 22.4. The van der Waals surface area contributed by atoms with Crippen molar-refractivity contribution in [1.29, 1.82) is 0 Å². The molecule has 0 saturated carbocycles. The van der Waals surface area contributed by atoms with E-state index in [1.807, 2.05) is 18.2 Å². The van der Waals surface area contributed by atoms with E-state index in [4.69, 9.17) is 12.3 Å². The molecule has 0 bridgehead atoms. The van der Waals surface area contributed by atoms with Crippen LogP contribution in [0.3, 0.4) is 0 Å². The van der Waals surface area contributed by atoms with Crippen molar-refractivity contribution in [3.8, 4) is 22.4 Å². The molecule has 32 heavy (non-hydrogen) atoms. The second-order valence-electron chi connectivity index (χ2n) is 7.41. The zero-order valence-electron chi connectivity index (χ0n) is 17.1. The molecule has 0 fully saturated rings. The standard InChI is InChI=1S/C24H17FN6O/c1-27-22-16(9-6-13-4-3-5-19(25)21(13)22)23-18(12-28-31(23)2)14-7-8-15-17(10-14)20(11-26)29-30-24(15)32/h3-10,12H,11,26H2,2H3,(H,30,32). The molecule has 156 valence electrons. The summed E-state index contributed by atoms with van der Waals surface area (Å²) in [4.78, 5) is 15.9. The van der Waals surface area contributed by atoms with Crippen LogP contribution in [-0.2, 0) is 13.6 Å². The average molecular weight is 424 g/mol. The summed E-state index contributed by atoms with van der Waals surface area (Å²) in [5.74, 6) is -0.442. The van der Waals surface area contributed by atoms with E-state index in [1.54, 1.807) is 42.2 Å². The van der Waals surface area contributed by atoms with E-state index in [1.165, 1.54) is 6.07 Å². The van der Waals surface area contributed by atoms with Crippen LogP contribution in [0.2, 0.25) is 0 Å². The van der Waals surface area contributed by atoms with Crippen LogP contribution in [0, 0.1) is 12.4 Å². The lowest BCUT2D eigenvalue weighted by Gasteiger charge is -2.12. The van der Waals surface area contributed by atoms with Crippen LogP contribution in [0.5, 0.6) is 0 Å². The minimum absolute atomic E-state index is 0.169. The lowest BCUT2D eigenvalue weighted by atomic mass is 9.95. The number of hydrogen-bond donors (Lipinski definition) is 2. The van der Waals surface area contributed by atoms with Crippen LogP contribution in [0.15, 0.2) is 59.5 Å². The highest BCUT2D eigenvalue weighted by Crippen LogP contribution is 2.42. The molecule has 0 spiro atoms. The van der Waals surface area contributed by atoms with Crippen LogP contribution in [0.1, 0.15) is 5.69 Å². The van der Waals surface area contributed by atoms with Gasteiger partial charge in [0.05, 0.1) is 29.5 Å². The second kappa shape index (κ2) is 7.41. The fraction of sp³-hybridized carbons (Fsp3) is 0.0833. The van der Waals surface area contributed by atoms with E-state index in [9.17, 15) is 9.18 Å². The van der Waals surface area contributed by atoms with Gasteiger partial charge in [-0.15, -0.1) is 0 Å². The molecule has 0 unspecified atom stereocenters. The summed E-state index contributed by atoms with van der Waals surface area (Å²) >= 11 is 0. The van der Waals surface area contributed by atoms with Crippen molar-refractivity contribution >= 4 is 27.2 Å². The maximum atomic E-state index is 14.7. The molecule has 0 amide bonds. The topological polar surface area (TPSA) is 93.9 Å². The number of nitrogens with zero attached hydrogens (tertiary/aromatic N) is 4. The predicted molar refractivity (Wildman–Crippen MR) is 122 cm³/mol. The first-order valence-corrected chi connectivity index (χ1v) is 9.86. The molecular formula is C24H17FN6O. The molecule has 0 aliphatic heterocycles. The van der Waals surface area contributed by atoms with Gasteiger partial charge in [-0.05, 0) is 29.1 Å². The number of aromatic nitrogens is 4. The SMILES string of the molecule is [C-]#[N+]c1c(-c2c(-c3ccc4c(=O)[nH]nc(CN)c4c3)cnn2C)ccc2cccc(F)c12. The van der Waals surface area contributed by atoms with Gasteiger partial charge < -0.3 is 5.73 Å². The Balaban J connectivity index is 1.80. The van der Waals surface area contributed by atoms with Crippen molar-refractivity contribution in [1.82, 2.24) is 20.0 Å². The lowest BCUT2D eigenvalue weighted by Crippen LogP contribution is -2.13. The Kier molecular flexibility index (Phi) is 4.54. The Morgan fingerprint density at radius 3 is 2.78 bits per heavy atom. The lowest BCUT2D eigenvalue weighted by molar-refractivity contribution is 0.640. The van der Waals surface area contributed by atoms with E-state index >= 15 is 0 Å². The number of nitrogens with two attached hydrogens (primary N) is 1. The van der Waals surface area contributed by atoms with Crippen LogP contribution in [-0.4, -0.2) is 20.0 Å². The van der Waals surface area contributed by atoms with Gasteiger partial charge in [-0.3, -0.25) is 9.48 Å². The van der Waals surface area contributed by atoms with E-state index < -0.39 is 5.82 Å². The molecule has 3 aromatic carbocycles. The van der Waals surface area contributed by atoms with Crippen molar-refractivity contribution in [2.45, 2.75) is 6.54 Å². The van der Waals surface area contributed by atoms with Crippen molar-refractivity contribution < 1.29 is 4.39 Å². The van der Waals surface area contributed by atoms with Crippen molar-refractivity contribution in [3.05, 3.63) is 88.0 Å². The smallest absolute Gasteiger partial charge is 0.272 e. The molecule has 2 aromatic heterocycles. The predicted octanol–water partition coefficient (Wildman–Crippen LogP) is 4.29. The maximum absolute atomic E-state index is 14.7. The van der Waals surface area contributed by atoms with Gasteiger partial charge >= 0.3 is 0 Å². The number of rotatable bonds is 3. The summed E-state index contributed by atoms with van der Waals surface area (Å²) in [6.07, 6.45) is 1.69. The van der Waals surface area contributed by atoms with Crippen molar-refractivity contribution in [2.75, 3.05) is 0 Å². The first-order chi connectivity index (χ1) is 15.5. The normalized spacial score (nSPS) is 11.2. The molecule has 0 radical (unpaired) electrons. The number of hydrogen-bond acceptors (Lipinski definition) is 4. The van der Waals surface area contributed by atoms with Crippen LogP contribution in [0.4, 0.5) is 10.1 Å². The largest absolute Gasteiger partial charge is 0.325 e. The van der Waals surface area contributed by atoms with Crippen LogP contribution < -0.4 is 11.3 Å². The number of halogens is 1. The van der Waals surface area contributed by atoms with Gasteiger partial charge in [0.1, 0.15) is 5.82 Å². The van der Waals surface area contributed by atoms with Crippen LogP contribution >= 0.6 is 0 Å². The molecule has 0 atom stereocenters. The Labute approximate surface area is 181 Å². The fourth-order valence-corrected chi connectivity index (χ4v) is 4.13. The van der Waals surface area contributed by atoms with Gasteiger partial charge in [-0.25, -0.2) is 14.3 Å². The molecular weight excluding hydrogens is 407 g/mol. The van der Waals surface area contributed by atoms with Gasteiger partial charge in [0.2, 0.25) is 5.69 Å². The monoisotopic (exact) mass is 424 g/mol. The Hall–Kier alpha value is -4.35. The highest BCUT2D eigenvalue weighted by Gasteiger charge is 2.20.